The molecule has 5 rings (SSSR count). The van der Waals surface area contributed by atoms with Gasteiger partial charge in [-0.25, -0.2) is 4.98 Å². The number of nitrogens with zero attached hydrogens (tertiary/aromatic N) is 2. The van der Waals surface area contributed by atoms with Crippen molar-refractivity contribution < 1.29 is 22.5 Å². The Hall–Kier alpha value is -3.26. The van der Waals surface area contributed by atoms with Crippen molar-refractivity contribution >= 4 is 17.6 Å². The van der Waals surface area contributed by atoms with E-state index in [-0.39, 0.29) is 16.5 Å². The van der Waals surface area contributed by atoms with Crippen LogP contribution in [0.1, 0.15) is 27.2 Å². The molecule has 0 aliphatic heterocycles. The van der Waals surface area contributed by atoms with E-state index in [4.69, 9.17) is 4.52 Å². The third-order valence-corrected chi connectivity index (χ3v) is 6.19. The Morgan fingerprint density at radius 2 is 1.87 bits per heavy atom. The number of fused-ring (bicyclic) bond motifs is 3. The van der Waals surface area contributed by atoms with E-state index in [0.29, 0.717) is 24.0 Å². The van der Waals surface area contributed by atoms with Crippen LogP contribution in [0.15, 0.2) is 53.1 Å². The van der Waals surface area contributed by atoms with E-state index in [1.165, 1.54) is 0 Å². The molecule has 4 aromatic rings. The van der Waals surface area contributed by atoms with Gasteiger partial charge in [0, 0.05) is 11.1 Å². The first-order valence-electron chi connectivity index (χ1n) is 9.16. The van der Waals surface area contributed by atoms with E-state index < -0.39 is 11.7 Å². The number of aryl methyl sites for hydroxylation is 2. The zero-order valence-electron chi connectivity index (χ0n) is 15.4. The van der Waals surface area contributed by atoms with Gasteiger partial charge in [-0.05, 0) is 30.0 Å². The molecule has 8 heteroatoms. The highest BCUT2D eigenvalue weighted by Gasteiger charge is 2.42. The number of aldehydes is 1. The van der Waals surface area contributed by atoms with Crippen LogP contribution in [-0.4, -0.2) is 16.4 Å². The Morgan fingerprint density at radius 1 is 1.07 bits per heavy atom. The van der Waals surface area contributed by atoms with Crippen LogP contribution in [0.3, 0.4) is 0 Å². The second-order valence-corrected chi connectivity index (χ2v) is 7.93. The topological polar surface area (TPSA) is 56.0 Å². The maximum Gasteiger partial charge on any atom is 0.422 e. The number of carbonyl (C=O) groups is 1. The number of alkyl halides is 3. The van der Waals surface area contributed by atoms with E-state index in [9.17, 15) is 18.0 Å². The normalized spacial score (nSPS) is 13.0. The molecular weight excluding hydrogens is 413 g/mol. The lowest BCUT2D eigenvalue weighted by Crippen LogP contribution is -2.07. The van der Waals surface area contributed by atoms with Gasteiger partial charge < -0.3 is 4.52 Å². The molecule has 0 fully saturated rings. The average molecular weight is 426 g/mol. The van der Waals surface area contributed by atoms with Crippen LogP contribution in [0.2, 0.25) is 0 Å². The molecule has 0 N–H and O–H groups in total. The standard InChI is InChI=1S/C22H13F3N2O2S/c23-22(24,25)17-18(13-4-2-1-3-5-13)27-29-19(17)21-26-16-9-7-14-10-12(11-28)6-8-15(14)20(16)30-21/h1-6,8,10-11H,7,9H2. The monoisotopic (exact) mass is 426 g/mol. The Balaban J connectivity index is 1.65. The fourth-order valence-electron chi connectivity index (χ4n) is 3.69. The van der Waals surface area contributed by atoms with Crippen molar-refractivity contribution in [1.82, 2.24) is 10.1 Å². The summed E-state index contributed by atoms with van der Waals surface area (Å²) in [6.45, 7) is 0. The van der Waals surface area contributed by atoms with Crippen molar-refractivity contribution in [2.45, 2.75) is 19.0 Å². The zero-order valence-corrected chi connectivity index (χ0v) is 16.2. The number of hydrogen-bond acceptors (Lipinski definition) is 5. The molecule has 1 aliphatic rings. The van der Waals surface area contributed by atoms with E-state index in [2.05, 4.69) is 10.1 Å². The highest BCUT2D eigenvalue weighted by Crippen LogP contribution is 2.47. The van der Waals surface area contributed by atoms with Gasteiger partial charge in [0.15, 0.2) is 5.01 Å². The van der Waals surface area contributed by atoms with Crippen molar-refractivity contribution in [3.05, 3.63) is 70.9 Å². The molecule has 2 heterocycles. The molecule has 2 aromatic carbocycles. The number of thiazole rings is 1. The molecule has 4 nitrogen and oxygen atoms in total. The summed E-state index contributed by atoms with van der Waals surface area (Å²) in [4.78, 5) is 16.3. The van der Waals surface area contributed by atoms with Crippen molar-refractivity contribution in [3.8, 4) is 32.5 Å². The minimum Gasteiger partial charge on any atom is -0.352 e. The van der Waals surface area contributed by atoms with Gasteiger partial charge in [0.1, 0.15) is 17.5 Å². The van der Waals surface area contributed by atoms with E-state index in [1.807, 2.05) is 12.1 Å². The lowest BCUT2D eigenvalue weighted by molar-refractivity contribution is -0.136. The predicted octanol–water partition coefficient (Wildman–Crippen LogP) is 6.06. The van der Waals surface area contributed by atoms with Crippen molar-refractivity contribution in [2.75, 3.05) is 0 Å². The van der Waals surface area contributed by atoms with Crippen LogP contribution in [0.25, 0.3) is 32.5 Å². The van der Waals surface area contributed by atoms with Crippen LogP contribution in [0.5, 0.6) is 0 Å². The first kappa shape index (κ1) is 18.7. The molecule has 30 heavy (non-hydrogen) atoms. The molecule has 150 valence electrons. The maximum atomic E-state index is 14.0. The number of rotatable bonds is 3. The first-order valence-corrected chi connectivity index (χ1v) is 9.98. The van der Waals surface area contributed by atoms with Gasteiger partial charge >= 0.3 is 6.18 Å². The summed E-state index contributed by atoms with van der Waals surface area (Å²) in [5.74, 6) is -0.369. The van der Waals surface area contributed by atoms with Gasteiger partial charge in [0.05, 0.1) is 10.6 Å². The molecule has 2 aromatic heterocycles. The lowest BCUT2D eigenvalue weighted by Gasteiger charge is -2.14. The second-order valence-electron chi connectivity index (χ2n) is 6.93. The lowest BCUT2D eigenvalue weighted by atomic mass is 9.92. The van der Waals surface area contributed by atoms with E-state index >= 15 is 0 Å². The molecular formula is C22H13F3N2O2S. The fraction of sp³-hybridized carbons (Fsp3) is 0.136. The van der Waals surface area contributed by atoms with Crippen molar-refractivity contribution in [1.29, 1.82) is 0 Å². The number of carbonyl (C=O) groups excluding carboxylic acids is 1. The Morgan fingerprint density at radius 3 is 2.60 bits per heavy atom. The van der Waals surface area contributed by atoms with Gasteiger partial charge in [-0.15, -0.1) is 11.3 Å². The summed E-state index contributed by atoms with van der Waals surface area (Å²) < 4.78 is 47.1. The smallest absolute Gasteiger partial charge is 0.352 e. The van der Waals surface area contributed by atoms with Gasteiger partial charge in [-0.2, -0.15) is 13.2 Å². The average Bonchev–Trinajstić information content (AvgIpc) is 3.38. The third kappa shape index (κ3) is 3.04. The summed E-state index contributed by atoms with van der Waals surface area (Å²) in [6.07, 6.45) is -2.61. The quantitative estimate of drug-likeness (QED) is 0.374. The van der Waals surface area contributed by atoms with E-state index in [1.54, 1.807) is 36.4 Å². The summed E-state index contributed by atoms with van der Waals surface area (Å²) in [6, 6.07) is 13.5. The van der Waals surface area contributed by atoms with Gasteiger partial charge in [0.25, 0.3) is 0 Å². The fourth-order valence-corrected chi connectivity index (χ4v) is 4.85. The molecule has 0 amide bonds. The number of benzene rings is 2. The largest absolute Gasteiger partial charge is 0.422 e. The Kier molecular flexibility index (Phi) is 4.32. The molecule has 0 saturated heterocycles. The minimum atomic E-state index is -4.65. The van der Waals surface area contributed by atoms with Crippen LogP contribution in [-0.2, 0) is 19.0 Å². The number of halogens is 3. The van der Waals surface area contributed by atoms with Crippen LogP contribution in [0.4, 0.5) is 13.2 Å². The first-order chi connectivity index (χ1) is 14.5. The number of hydrogen-bond donors (Lipinski definition) is 0. The summed E-state index contributed by atoms with van der Waals surface area (Å²) >= 11 is 1.15. The molecule has 0 unspecified atom stereocenters. The van der Waals surface area contributed by atoms with Crippen molar-refractivity contribution in [3.63, 3.8) is 0 Å². The highest BCUT2D eigenvalue weighted by atomic mass is 32.1. The summed E-state index contributed by atoms with van der Waals surface area (Å²) in [5.41, 5.74) is 2.34. The highest BCUT2D eigenvalue weighted by molar-refractivity contribution is 7.18. The van der Waals surface area contributed by atoms with Gasteiger partial charge in [0.2, 0.25) is 5.76 Å². The third-order valence-electron chi connectivity index (χ3n) is 5.06. The van der Waals surface area contributed by atoms with Crippen LogP contribution in [0, 0.1) is 0 Å². The molecule has 1 aliphatic carbocycles. The van der Waals surface area contributed by atoms with Gasteiger partial charge in [-0.3, -0.25) is 4.79 Å². The molecule has 0 atom stereocenters. The summed E-state index contributed by atoms with van der Waals surface area (Å²) in [7, 11) is 0. The second kappa shape index (κ2) is 6.91. The Labute approximate surface area is 173 Å². The Bertz CT molecular complexity index is 1260. The summed E-state index contributed by atoms with van der Waals surface area (Å²) in [5, 5.41) is 3.88. The minimum absolute atomic E-state index is 0.148. The van der Waals surface area contributed by atoms with Crippen LogP contribution >= 0.6 is 11.3 Å². The number of aromatic nitrogens is 2. The SMILES string of the molecule is O=Cc1ccc2c(c1)CCc1nc(-c3onc(-c4ccccc4)c3C(F)(F)F)sc1-2. The molecule has 0 radical (unpaired) electrons. The molecule has 0 bridgehead atoms. The zero-order chi connectivity index (χ0) is 20.9. The van der Waals surface area contributed by atoms with Crippen molar-refractivity contribution in [2.24, 2.45) is 0 Å². The van der Waals surface area contributed by atoms with Gasteiger partial charge in [-0.1, -0.05) is 47.6 Å². The molecule has 0 saturated carbocycles. The predicted molar refractivity (Wildman–Crippen MR) is 106 cm³/mol. The van der Waals surface area contributed by atoms with Crippen LogP contribution < -0.4 is 0 Å². The maximum absolute atomic E-state index is 14.0. The molecule has 0 spiro atoms. The van der Waals surface area contributed by atoms with E-state index in [0.717, 1.165) is 39.3 Å².